The first-order valence-electron chi connectivity index (χ1n) is 10.3. The van der Waals surface area contributed by atoms with Crippen molar-refractivity contribution in [1.82, 2.24) is 10.6 Å². The third-order valence-corrected chi connectivity index (χ3v) is 5.15. The van der Waals surface area contributed by atoms with Gasteiger partial charge in [0.2, 0.25) is 0 Å². The van der Waals surface area contributed by atoms with Crippen molar-refractivity contribution in [2.75, 3.05) is 19.6 Å². The van der Waals surface area contributed by atoms with E-state index in [9.17, 15) is 0 Å². The second-order valence-electron chi connectivity index (χ2n) is 7.36. The van der Waals surface area contributed by atoms with Crippen LogP contribution >= 0.6 is 0 Å². The molecule has 0 aromatic heterocycles. The van der Waals surface area contributed by atoms with E-state index in [1.54, 1.807) is 0 Å². The molecule has 0 rings (SSSR count). The largest absolute Gasteiger partial charge is 0.324 e. The van der Waals surface area contributed by atoms with E-state index in [0.29, 0.717) is 6.04 Å². The average molecular weight is 328 g/mol. The fourth-order valence-electron chi connectivity index (χ4n) is 2.89. The molecular weight excluding hydrogens is 282 g/mol. The van der Waals surface area contributed by atoms with Crippen molar-refractivity contribution in [3.63, 3.8) is 0 Å². The normalized spacial score (nSPS) is 13.4. The number of unbranched alkanes of at least 4 members (excludes halogenated alkanes) is 6. The quantitative estimate of drug-likeness (QED) is 0.342. The number of hydrogen-bond donors (Lipinski definition) is 3. The predicted molar refractivity (Wildman–Crippen MR) is 105 cm³/mol. The molecule has 0 fully saturated rings. The Bertz CT molecular complexity index is 239. The van der Waals surface area contributed by atoms with Crippen LogP contribution in [0, 0.1) is 0 Å². The lowest BCUT2D eigenvalue weighted by Gasteiger charge is -2.27. The number of rotatable bonds is 17. The Morgan fingerprint density at radius 2 is 1.43 bits per heavy atom. The zero-order valence-electron chi connectivity index (χ0n) is 16.6. The van der Waals surface area contributed by atoms with Gasteiger partial charge in [-0.25, -0.2) is 0 Å². The van der Waals surface area contributed by atoms with Crippen LogP contribution in [-0.4, -0.2) is 31.2 Å². The maximum atomic E-state index is 6.29. The minimum Gasteiger partial charge on any atom is -0.324 e. The standard InChI is InChI=1S/C20H45N3/c1-5-8-9-12-15-19(4)23-17-14-11-10-13-16-22-18-20(21,6-2)7-3/h19,22-23H,5-18,21H2,1-4H3. The van der Waals surface area contributed by atoms with Crippen molar-refractivity contribution < 1.29 is 0 Å². The van der Waals surface area contributed by atoms with Gasteiger partial charge in [-0.1, -0.05) is 59.3 Å². The summed E-state index contributed by atoms with van der Waals surface area (Å²) < 4.78 is 0. The minimum atomic E-state index is -0.00279. The van der Waals surface area contributed by atoms with Crippen LogP contribution in [0.4, 0.5) is 0 Å². The lowest BCUT2D eigenvalue weighted by atomic mass is 9.94. The van der Waals surface area contributed by atoms with E-state index in [4.69, 9.17) is 5.73 Å². The Morgan fingerprint density at radius 1 is 0.826 bits per heavy atom. The monoisotopic (exact) mass is 327 g/mol. The first-order valence-corrected chi connectivity index (χ1v) is 10.3. The zero-order chi connectivity index (χ0) is 17.4. The van der Waals surface area contributed by atoms with Gasteiger partial charge >= 0.3 is 0 Å². The molecule has 0 aliphatic heterocycles. The molecule has 0 aliphatic rings. The summed E-state index contributed by atoms with van der Waals surface area (Å²) in [5.74, 6) is 0. The van der Waals surface area contributed by atoms with E-state index in [-0.39, 0.29) is 5.54 Å². The van der Waals surface area contributed by atoms with E-state index in [0.717, 1.165) is 25.9 Å². The molecule has 0 saturated carbocycles. The molecule has 1 atom stereocenters. The molecule has 0 heterocycles. The molecule has 0 radical (unpaired) electrons. The van der Waals surface area contributed by atoms with Gasteiger partial charge in [-0.2, -0.15) is 0 Å². The van der Waals surface area contributed by atoms with Crippen LogP contribution in [0.25, 0.3) is 0 Å². The Kier molecular flexibility index (Phi) is 15.3. The summed E-state index contributed by atoms with van der Waals surface area (Å²) in [4.78, 5) is 0. The highest BCUT2D eigenvalue weighted by Gasteiger charge is 2.18. The molecule has 0 spiro atoms. The van der Waals surface area contributed by atoms with Crippen molar-refractivity contribution in [1.29, 1.82) is 0 Å². The van der Waals surface area contributed by atoms with Crippen LogP contribution in [0.15, 0.2) is 0 Å². The summed E-state index contributed by atoms with van der Waals surface area (Å²) >= 11 is 0. The van der Waals surface area contributed by atoms with Crippen LogP contribution in [0.2, 0.25) is 0 Å². The first kappa shape index (κ1) is 22.9. The maximum absolute atomic E-state index is 6.29. The first-order chi connectivity index (χ1) is 11.1. The van der Waals surface area contributed by atoms with Crippen LogP contribution in [-0.2, 0) is 0 Å². The van der Waals surface area contributed by atoms with E-state index in [1.165, 1.54) is 64.3 Å². The molecule has 0 aromatic rings. The summed E-state index contributed by atoms with van der Waals surface area (Å²) in [6.07, 6.45) is 14.2. The van der Waals surface area contributed by atoms with Crippen molar-refractivity contribution in [2.45, 2.75) is 110 Å². The summed E-state index contributed by atoms with van der Waals surface area (Å²) in [6, 6.07) is 0.689. The van der Waals surface area contributed by atoms with Gasteiger partial charge in [0.25, 0.3) is 0 Å². The molecular formula is C20H45N3. The number of nitrogens with one attached hydrogen (secondary N) is 2. The van der Waals surface area contributed by atoms with Crippen LogP contribution in [0.3, 0.4) is 0 Å². The van der Waals surface area contributed by atoms with E-state index in [2.05, 4.69) is 38.3 Å². The van der Waals surface area contributed by atoms with Gasteiger partial charge in [0.05, 0.1) is 0 Å². The summed E-state index contributed by atoms with van der Waals surface area (Å²) in [5.41, 5.74) is 6.28. The van der Waals surface area contributed by atoms with Crippen LogP contribution < -0.4 is 16.4 Å². The lowest BCUT2D eigenvalue weighted by Crippen LogP contribution is -2.47. The molecule has 23 heavy (non-hydrogen) atoms. The highest BCUT2D eigenvalue weighted by Crippen LogP contribution is 2.09. The number of nitrogens with two attached hydrogens (primary N) is 1. The Labute approximate surface area is 146 Å². The Balaban J connectivity index is 3.30. The third kappa shape index (κ3) is 14.0. The molecule has 0 amide bonds. The van der Waals surface area contributed by atoms with Gasteiger partial charge < -0.3 is 16.4 Å². The maximum Gasteiger partial charge on any atom is 0.0275 e. The van der Waals surface area contributed by atoms with Gasteiger partial charge in [0, 0.05) is 18.1 Å². The Hall–Kier alpha value is -0.120. The predicted octanol–water partition coefficient (Wildman–Crippen LogP) is 4.60. The summed E-state index contributed by atoms with van der Waals surface area (Å²) in [7, 11) is 0. The zero-order valence-corrected chi connectivity index (χ0v) is 16.6. The highest BCUT2D eigenvalue weighted by atomic mass is 14.9. The molecule has 0 saturated heterocycles. The molecule has 0 aliphatic carbocycles. The Morgan fingerprint density at radius 3 is 2.04 bits per heavy atom. The van der Waals surface area contributed by atoms with E-state index >= 15 is 0 Å². The second kappa shape index (κ2) is 15.4. The lowest BCUT2D eigenvalue weighted by molar-refractivity contribution is 0.367. The van der Waals surface area contributed by atoms with Gasteiger partial charge in [0.15, 0.2) is 0 Å². The highest BCUT2D eigenvalue weighted by molar-refractivity contribution is 4.83. The van der Waals surface area contributed by atoms with Gasteiger partial charge in [-0.3, -0.25) is 0 Å². The fraction of sp³-hybridized carbons (Fsp3) is 1.00. The topological polar surface area (TPSA) is 50.1 Å². The average Bonchev–Trinajstić information content (AvgIpc) is 2.57. The number of hydrogen-bond acceptors (Lipinski definition) is 3. The molecule has 1 unspecified atom stereocenters. The van der Waals surface area contributed by atoms with Crippen LogP contribution in [0.5, 0.6) is 0 Å². The molecule has 3 nitrogen and oxygen atoms in total. The summed E-state index contributed by atoms with van der Waals surface area (Å²) in [6.45, 7) is 12.2. The molecule has 140 valence electrons. The van der Waals surface area contributed by atoms with Crippen molar-refractivity contribution in [3.05, 3.63) is 0 Å². The fourth-order valence-corrected chi connectivity index (χ4v) is 2.89. The van der Waals surface area contributed by atoms with E-state index < -0.39 is 0 Å². The minimum absolute atomic E-state index is 0.00279. The van der Waals surface area contributed by atoms with E-state index in [1.807, 2.05) is 0 Å². The van der Waals surface area contributed by atoms with Gasteiger partial charge in [-0.05, 0) is 52.1 Å². The van der Waals surface area contributed by atoms with Crippen molar-refractivity contribution >= 4 is 0 Å². The SMILES string of the molecule is CCCCCCC(C)NCCCCCCNCC(N)(CC)CC. The van der Waals surface area contributed by atoms with Gasteiger partial charge in [0.1, 0.15) is 0 Å². The molecule has 0 aromatic carbocycles. The molecule has 3 heteroatoms. The molecule has 0 bridgehead atoms. The summed E-state index contributed by atoms with van der Waals surface area (Å²) in [5, 5.41) is 7.19. The smallest absolute Gasteiger partial charge is 0.0275 e. The van der Waals surface area contributed by atoms with Gasteiger partial charge in [-0.15, -0.1) is 0 Å². The van der Waals surface area contributed by atoms with Crippen molar-refractivity contribution in [2.24, 2.45) is 5.73 Å². The second-order valence-corrected chi connectivity index (χ2v) is 7.36. The van der Waals surface area contributed by atoms with Crippen LogP contribution in [0.1, 0.15) is 98.3 Å². The van der Waals surface area contributed by atoms with Crippen molar-refractivity contribution in [3.8, 4) is 0 Å². The third-order valence-electron chi connectivity index (χ3n) is 5.15. The molecule has 4 N–H and O–H groups in total.